The van der Waals surface area contributed by atoms with Gasteiger partial charge in [0.2, 0.25) is 0 Å². The summed E-state index contributed by atoms with van der Waals surface area (Å²) >= 11 is 0. The standard InChI is InChI=1S/C16H22N2O2/c1-20-16(19)12-4-5-14(17)15(8-12)18-9-13-7-10-2-3-11(13)6-10/h4-5,8,10-11,13,18H,2-3,6-7,9,17H2,1H3. The van der Waals surface area contributed by atoms with E-state index in [1.54, 1.807) is 18.2 Å². The van der Waals surface area contributed by atoms with E-state index < -0.39 is 0 Å². The number of carbonyl (C=O) groups excluding carboxylic acids is 1. The number of carbonyl (C=O) groups is 1. The van der Waals surface area contributed by atoms with Crippen molar-refractivity contribution < 1.29 is 9.53 Å². The number of rotatable bonds is 4. The molecule has 4 nitrogen and oxygen atoms in total. The smallest absolute Gasteiger partial charge is 0.337 e. The number of nitrogens with two attached hydrogens (primary N) is 1. The first-order valence-electron chi connectivity index (χ1n) is 7.39. The fourth-order valence-electron chi connectivity index (χ4n) is 3.82. The van der Waals surface area contributed by atoms with E-state index >= 15 is 0 Å². The quantitative estimate of drug-likeness (QED) is 0.654. The Bertz CT molecular complexity index is 515. The number of anilines is 2. The molecule has 3 N–H and O–H groups in total. The van der Waals surface area contributed by atoms with Gasteiger partial charge in [-0.25, -0.2) is 4.79 Å². The van der Waals surface area contributed by atoms with E-state index in [1.165, 1.54) is 32.8 Å². The van der Waals surface area contributed by atoms with Gasteiger partial charge in [-0.2, -0.15) is 0 Å². The highest BCUT2D eigenvalue weighted by molar-refractivity contribution is 5.91. The molecule has 3 atom stereocenters. The molecule has 108 valence electrons. The van der Waals surface area contributed by atoms with Crippen LogP contribution in [0.15, 0.2) is 18.2 Å². The van der Waals surface area contributed by atoms with E-state index in [1.807, 2.05) is 0 Å². The van der Waals surface area contributed by atoms with Gasteiger partial charge in [0, 0.05) is 6.54 Å². The van der Waals surface area contributed by atoms with Crippen LogP contribution in [-0.4, -0.2) is 19.6 Å². The molecule has 2 bridgehead atoms. The van der Waals surface area contributed by atoms with Crippen molar-refractivity contribution in [3.05, 3.63) is 23.8 Å². The van der Waals surface area contributed by atoms with Gasteiger partial charge in [0.05, 0.1) is 24.0 Å². The maximum Gasteiger partial charge on any atom is 0.337 e. The molecule has 0 aliphatic heterocycles. The van der Waals surface area contributed by atoms with E-state index in [0.29, 0.717) is 11.3 Å². The fraction of sp³-hybridized carbons (Fsp3) is 0.562. The lowest BCUT2D eigenvalue weighted by Crippen LogP contribution is -2.20. The number of hydrogen-bond donors (Lipinski definition) is 2. The fourth-order valence-corrected chi connectivity index (χ4v) is 3.82. The highest BCUT2D eigenvalue weighted by Crippen LogP contribution is 2.48. The Morgan fingerprint density at radius 2 is 2.25 bits per heavy atom. The molecule has 0 aromatic heterocycles. The molecule has 3 rings (SSSR count). The minimum absolute atomic E-state index is 0.326. The van der Waals surface area contributed by atoms with Crippen molar-refractivity contribution in [2.45, 2.75) is 25.7 Å². The SMILES string of the molecule is COC(=O)c1ccc(N)c(NCC2CC3CCC2C3)c1. The van der Waals surface area contributed by atoms with Crippen LogP contribution in [-0.2, 0) is 4.74 Å². The predicted molar refractivity (Wildman–Crippen MR) is 79.6 cm³/mol. The van der Waals surface area contributed by atoms with Crippen molar-refractivity contribution >= 4 is 17.3 Å². The van der Waals surface area contributed by atoms with Gasteiger partial charge in [0.1, 0.15) is 0 Å². The van der Waals surface area contributed by atoms with Crippen LogP contribution in [0.25, 0.3) is 0 Å². The Hall–Kier alpha value is -1.71. The molecule has 0 radical (unpaired) electrons. The Morgan fingerprint density at radius 1 is 1.40 bits per heavy atom. The Morgan fingerprint density at radius 3 is 2.90 bits per heavy atom. The van der Waals surface area contributed by atoms with Gasteiger partial charge < -0.3 is 15.8 Å². The molecular formula is C16H22N2O2. The summed E-state index contributed by atoms with van der Waals surface area (Å²) in [5.41, 5.74) is 8.04. The molecule has 1 aromatic rings. The second-order valence-corrected chi connectivity index (χ2v) is 6.11. The van der Waals surface area contributed by atoms with Crippen LogP contribution >= 0.6 is 0 Å². The summed E-state index contributed by atoms with van der Waals surface area (Å²) in [4.78, 5) is 11.6. The normalized spacial score (nSPS) is 27.6. The monoisotopic (exact) mass is 274 g/mol. The third-order valence-corrected chi connectivity index (χ3v) is 4.91. The largest absolute Gasteiger partial charge is 0.465 e. The number of nitrogens with one attached hydrogen (secondary N) is 1. The predicted octanol–water partition coefficient (Wildman–Crippen LogP) is 2.90. The van der Waals surface area contributed by atoms with Gasteiger partial charge in [-0.05, 0) is 55.2 Å². The Labute approximate surface area is 119 Å². The third kappa shape index (κ3) is 2.47. The molecule has 0 spiro atoms. The first-order chi connectivity index (χ1) is 9.67. The van der Waals surface area contributed by atoms with E-state index in [4.69, 9.17) is 10.5 Å². The summed E-state index contributed by atoms with van der Waals surface area (Å²) in [6, 6.07) is 5.24. The zero-order valence-electron chi connectivity index (χ0n) is 11.9. The van der Waals surface area contributed by atoms with Gasteiger partial charge >= 0.3 is 5.97 Å². The van der Waals surface area contributed by atoms with Crippen LogP contribution in [0.5, 0.6) is 0 Å². The van der Waals surface area contributed by atoms with Crippen molar-refractivity contribution in [2.24, 2.45) is 17.8 Å². The molecule has 0 heterocycles. The first kappa shape index (κ1) is 13.3. The average molecular weight is 274 g/mol. The van der Waals surface area contributed by atoms with Gasteiger partial charge in [0.15, 0.2) is 0 Å². The van der Waals surface area contributed by atoms with Crippen molar-refractivity contribution in [1.82, 2.24) is 0 Å². The van der Waals surface area contributed by atoms with E-state index in [-0.39, 0.29) is 5.97 Å². The summed E-state index contributed by atoms with van der Waals surface area (Å²) < 4.78 is 4.74. The number of ether oxygens (including phenoxy) is 1. The molecular weight excluding hydrogens is 252 g/mol. The topological polar surface area (TPSA) is 64.3 Å². The zero-order chi connectivity index (χ0) is 14.1. The lowest BCUT2D eigenvalue weighted by Gasteiger charge is -2.23. The maximum absolute atomic E-state index is 11.6. The van der Waals surface area contributed by atoms with E-state index in [9.17, 15) is 4.79 Å². The van der Waals surface area contributed by atoms with Crippen LogP contribution in [0.2, 0.25) is 0 Å². The minimum Gasteiger partial charge on any atom is -0.465 e. The molecule has 0 amide bonds. The first-order valence-corrected chi connectivity index (χ1v) is 7.39. The summed E-state index contributed by atoms with van der Waals surface area (Å²) in [7, 11) is 1.39. The molecule has 4 heteroatoms. The average Bonchev–Trinajstić information content (AvgIpc) is 3.08. The minimum atomic E-state index is -0.326. The second kappa shape index (κ2) is 5.35. The lowest BCUT2D eigenvalue weighted by atomic mass is 9.89. The van der Waals surface area contributed by atoms with E-state index in [0.717, 1.165) is 30.0 Å². The van der Waals surface area contributed by atoms with Gasteiger partial charge in [0.25, 0.3) is 0 Å². The maximum atomic E-state index is 11.6. The molecule has 2 aliphatic rings. The Balaban J connectivity index is 1.66. The number of nitrogen functional groups attached to an aromatic ring is 1. The number of fused-ring (bicyclic) bond motifs is 2. The molecule has 2 saturated carbocycles. The highest BCUT2D eigenvalue weighted by Gasteiger charge is 2.39. The highest BCUT2D eigenvalue weighted by atomic mass is 16.5. The zero-order valence-corrected chi connectivity index (χ0v) is 11.9. The Kier molecular flexibility index (Phi) is 3.55. The second-order valence-electron chi connectivity index (χ2n) is 6.11. The number of benzene rings is 1. The summed E-state index contributed by atoms with van der Waals surface area (Å²) in [6.07, 6.45) is 5.55. The molecule has 2 aliphatic carbocycles. The summed E-state index contributed by atoms with van der Waals surface area (Å²) in [5.74, 6) is 2.27. The van der Waals surface area contributed by atoms with Crippen LogP contribution in [0.3, 0.4) is 0 Å². The molecule has 0 saturated heterocycles. The molecule has 20 heavy (non-hydrogen) atoms. The number of esters is 1. The van der Waals surface area contributed by atoms with E-state index in [2.05, 4.69) is 5.32 Å². The van der Waals surface area contributed by atoms with Crippen LogP contribution in [0.4, 0.5) is 11.4 Å². The van der Waals surface area contributed by atoms with Crippen LogP contribution in [0, 0.1) is 17.8 Å². The van der Waals surface area contributed by atoms with Crippen LogP contribution in [0.1, 0.15) is 36.0 Å². The van der Waals surface area contributed by atoms with Crippen LogP contribution < -0.4 is 11.1 Å². The van der Waals surface area contributed by atoms with Crippen molar-refractivity contribution in [3.8, 4) is 0 Å². The summed E-state index contributed by atoms with van der Waals surface area (Å²) in [6.45, 7) is 0.954. The van der Waals surface area contributed by atoms with Crippen molar-refractivity contribution in [3.63, 3.8) is 0 Å². The third-order valence-electron chi connectivity index (χ3n) is 4.91. The number of methoxy groups -OCH3 is 1. The lowest BCUT2D eigenvalue weighted by molar-refractivity contribution is 0.0601. The van der Waals surface area contributed by atoms with Crippen molar-refractivity contribution in [1.29, 1.82) is 0 Å². The molecule has 1 aromatic carbocycles. The van der Waals surface area contributed by atoms with Gasteiger partial charge in [-0.1, -0.05) is 6.42 Å². The number of hydrogen-bond acceptors (Lipinski definition) is 4. The summed E-state index contributed by atoms with van der Waals surface area (Å²) in [5, 5.41) is 3.43. The van der Waals surface area contributed by atoms with Gasteiger partial charge in [-0.15, -0.1) is 0 Å². The van der Waals surface area contributed by atoms with Crippen molar-refractivity contribution in [2.75, 3.05) is 24.7 Å². The molecule has 2 fully saturated rings. The van der Waals surface area contributed by atoms with Gasteiger partial charge in [-0.3, -0.25) is 0 Å². The molecule has 3 unspecified atom stereocenters.